The number of amides is 3. The molecule has 7 heteroatoms. The molecule has 2 aliphatic rings. The summed E-state index contributed by atoms with van der Waals surface area (Å²) < 4.78 is 6.23. The minimum absolute atomic E-state index is 0.116. The molecule has 1 saturated carbocycles. The number of urea groups is 1. The van der Waals surface area contributed by atoms with Crippen molar-refractivity contribution in [2.75, 3.05) is 6.54 Å². The van der Waals surface area contributed by atoms with Crippen molar-refractivity contribution in [3.05, 3.63) is 36.7 Å². The van der Waals surface area contributed by atoms with Crippen molar-refractivity contribution >= 4 is 22.7 Å². The third-order valence-electron chi connectivity index (χ3n) is 5.04. The van der Waals surface area contributed by atoms with Gasteiger partial charge in [0.25, 0.3) is 0 Å². The van der Waals surface area contributed by atoms with E-state index in [0.717, 1.165) is 42.2 Å². The van der Waals surface area contributed by atoms with E-state index in [4.69, 9.17) is 4.74 Å². The molecule has 4 rings (SSSR count). The zero-order chi connectivity index (χ0) is 17.9. The average molecular weight is 354 g/mol. The molecule has 0 radical (unpaired) electrons. The van der Waals surface area contributed by atoms with E-state index in [2.05, 4.69) is 20.9 Å². The maximum absolute atomic E-state index is 12.2. The number of hydrogen-bond donors (Lipinski definition) is 3. The molecule has 2 fully saturated rings. The summed E-state index contributed by atoms with van der Waals surface area (Å²) in [4.78, 5) is 27.5. The van der Waals surface area contributed by atoms with E-state index in [9.17, 15) is 9.59 Å². The van der Waals surface area contributed by atoms with E-state index in [1.54, 1.807) is 6.20 Å². The quantitative estimate of drug-likeness (QED) is 0.780. The van der Waals surface area contributed by atoms with E-state index in [0.29, 0.717) is 6.54 Å². The largest absolute Gasteiger partial charge is 0.490 e. The van der Waals surface area contributed by atoms with Gasteiger partial charge in [-0.1, -0.05) is 12.1 Å². The van der Waals surface area contributed by atoms with Crippen molar-refractivity contribution in [1.82, 2.24) is 20.9 Å². The number of nitrogens with zero attached hydrogens (tertiary/aromatic N) is 1. The first-order chi connectivity index (χ1) is 12.7. The van der Waals surface area contributed by atoms with Crippen LogP contribution in [-0.2, 0) is 4.79 Å². The molecule has 3 amide bonds. The molecule has 0 spiro atoms. The zero-order valence-corrected chi connectivity index (χ0v) is 14.4. The molecule has 2 aromatic rings. The van der Waals surface area contributed by atoms with Crippen LogP contribution in [0.4, 0.5) is 4.79 Å². The van der Waals surface area contributed by atoms with E-state index in [1.807, 2.05) is 30.5 Å². The van der Waals surface area contributed by atoms with E-state index >= 15 is 0 Å². The molecule has 26 heavy (non-hydrogen) atoms. The maximum Gasteiger partial charge on any atom is 0.315 e. The molecule has 1 atom stereocenters. The van der Waals surface area contributed by atoms with E-state index < -0.39 is 6.04 Å². The van der Waals surface area contributed by atoms with Crippen molar-refractivity contribution in [2.45, 2.75) is 43.9 Å². The lowest BCUT2D eigenvalue weighted by atomic mass is 9.92. The lowest BCUT2D eigenvalue weighted by Crippen LogP contribution is -2.48. The van der Waals surface area contributed by atoms with E-state index in [1.165, 1.54) is 0 Å². The molecule has 7 nitrogen and oxygen atoms in total. The van der Waals surface area contributed by atoms with Crippen LogP contribution in [-0.4, -0.2) is 41.7 Å². The lowest BCUT2D eigenvalue weighted by Gasteiger charge is -2.30. The molecule has 0 bridgehead atoms. The second-order valence-corrected chi connectivity index (χ2v) is 6.86. The number of carbonyl (C=O) groups excluding carboxylic acids is 2. The number of ether oxygens (including phenoxy) is 1. The summed E-state index contributed by atoms with van der Waals surface area (Å²) >= 11 is 0. The van der Waals surface area contributed by atoms with Crippen LogP contribution in [0.2, 0.25) is 0 Å². The first-order valence-electron chi connectivity index (χ1n) is 9.03. The number of nitrogens with one attached hydrogen (secondary N) is 3. The second-order valence-electron chi connectivity index (χ2n) is 6.86. The number of pyridine rings is 1. The fourth-order valence-corrected chi connectivity index (χ4v) is 3.62. The predicted molar refractivity (Wildman–Crippen MR) is 96.9 cm³/mol. The van der Waals surface area contributed by atoms with Gasteiger partial charge in [-0.15, -0.1) is 0 Å². The Hall–Kier alpha value is -2.83. The fourth-order valence-electron chi connectivity index (χ4n) is 3.62. The summed E-state index contributed by atoms with van der Waals surface area (Å²) in [5.74, 6) is 0.770. The summed E-state index contributed by atoms with van der Waals surface area (Å²) in [6.45, 7) is 0.346. The minimum atomic E-state index is -0.472. The summed E-state index contributed by atoms with van der Waals surface area (Å²) in [6, 6.07) is 7.35. The summed E-state index contributed by atoms with van der Waals surface area (Å²) in [5.41, 5.74) is 0. The van der Waals surface area contributed by atoms with Gasteiger partial charge in [-0.3, -0.25) is 9.78 Å². The van der Waals surface area contributed by atoms with Crippen LogP contribution in [0, 0.1) is 0 Å². The molecule has 1 aliphatic carbocycles. The van der Waals surface area contributed by atoms with Crippen LogP contribution >= 0.6 is 0 Å². The van der Waals surface area contributed by atoms with Gasteiger partial charge in [-0.25, -0.2) is 4.79 Å². The molecule has 2 heterocycles. The van der Waals surface area contributed by atoms with Gasteiger partial charge in [-0.05, 0) is 37.8 Å². The van der Waals surface area contributed by atoms with Crippen molar-refractivity contribution in [3.63, 3.8) is 0 Å². The molecule has 1 aromatic heterocycles. The predicted octanol–water partition coefficient (Wildman–Crippen LogP) is 1.72. The number of fused-ring (bicyclic) bond motifs is 1. The minimum Gasteiger partial charge on any atom is -0.490 e. The van der Waals surface area contributed by atoms with Gasteiger partial charge < -0.3 is 20.7 Å². The van der Waals surface area contributed by atoms with Gasteiger partial charge in [0.05, 0.1) is 6.10 Å². The van der Waals surface area contributed by atoms with E-state index in [-0.39, 0.29) is 24.1 Å². The highest BCUT2D eigenvalue weighted by Gasteiger charge is 2.30. The highest BCUT2D eigenvalue weighted by atomic mass is 16.5. The van der Waals surface area contributed by atoms with Crippen molar-refractivity contribution in [3.8, 4) is 5.75 Å². The number of carbonyl (C=O) groups is 2. The molecule has 1 aromatic carbocycles. The van der Waals surface area contributed by atoms with Gasteiger partial charge in [0.15, 0.2) is 0 Å². The zero-order valence-electron chi connectivity index (χ0n) is 14.4. The van der Waals surface area contributed by atoms with Crippen LogP contribution in [0.25, 0.3) is 10.8 Å². The number of rotatable bonds is 4. The first-order valence-corrected chi connectivity index (χ1v) is 9.03. The van der Waals surface area contributed by atoms with Crippen LogP contribution in [0.15, 0.2) is 36.7 Å². The van der Waals surface area contributed by atoms with Crippen LogP contribution in [0.1, 0.15) is 25.7 Å². The van der Waals surface area contributed by atoms with Gasteiger partial charge in [0.1, 0.15) is 11.8 Å². The van der Waals surface area contributed by atoms with Gasteiger partial charge in [0.2, 0.25) is 5.91 Å². The van der Waals surface area contributed by atoms with Gasteiger partial charge in [-0.2, -0.15) is 0 Å². The Morgan fingerprint density at radius 1 is 1.19 bits per heavy atom. The van der Waals surface area contributed by atoms with Crippen LogP contribution < -0.4 is 20.7 Å². The van der Waals surface area contributed by atoms with Crippen molar-refractivity contribution < 1.29 is 14.3 Å². The first kappa shape index (κ1) is 16.6. The Bertz CT molecular complexity index is 812. The maximum atomic E-state index is 12.2. The molecule has 1 unspecified atom stereocenters. The number of aromatic nitrogens is 1. The third kappa shape index (κ3) is 3.56. The summed E-state index contributed by atoms with van der Waals surface area (Å²) in [6.07, 6.45) is 7.29. The molecule has 3 N–H and O–H groups in total. The lowest BCUT2D eigenvalue weighted by molar-refractivity contribution is -0.123. The normalized spacial score (nSPS) is 25.4. The molecular weight excluding hydrogens is 332 g/mol. The SMILES string of the molecule is O=C1NCC(C(=O)NC2CCC(Oc3cccc4cnccc34)CC2)N1. The standard InChI is InChI=1S/C19H22N4O3/c24-18(16-11-21-19(25)23-16)22-13-4-6-14(7-5-13)26-17-3-1-2-12-10-20-9-8-15(12)17/h1-3,8-10,13-14,16H,4-7,11H2,(H,22,24)(H2,21,23,25). The highest BCUT2D eigenvalue weighted by molar-refractivity contribution is 5.90. The molecule has 136 valence electrons. The summed E-state index contributed by atoms with van der Waals surface area (Å²) in [5, 5.41) is 10.4. The number of benzene rings is 1. The third-order valence-corrected chi connectivity index (χ3v) is 5.04. The second kappa shape index (κ2) is 7.19. The molecular formula is C19H22N4O3. The average Bonchev–Trinajstić information content (AvgIpc) is 3.10. The Kier molecular flexibility index (Phi) is 4.60. The number of hydrogen-bond acceptors (Lipinski definition) is 4. The Morgan fingerprint density at radius 2 is 2.04 bits per heavy atom. The monoisotopic (exact) mass is 354 g/mol. The molecule has 1 aliphatic heterocycles. The Labute approximate surface area is 151 Å². The Morgan fingerprint density at radius 3 is 2.81 bits per heavy atom. The van der Waals surface area contributed by atoms with Crippen LogP contribution in [0.3, 0.4) is 0 Å². The van der Waals surface area contributed by atoms with Gasteiger partial charge >= 0.3 is 6.03 Å². The Balaban J connectivity index is 1.31. The van der Waals surface area contributed by atoms with Crippen LogP contribution in [0.5, 0.6) is 5.75 Å². The van der Waals surface area contributed by atoms with Gasteiger partial charge in [0, 0.05) is 35.8 Å². The topological polar surface area (TPSA) is 92.4 Å². The fraction of sp³-hybridized carbons (Fsp3) is 0.421. The molecule has 1 saturated heterocycles. The highest BCUT2D eigenvalue weighted by Crippen LogP contribution is 2.29. The summed E-state index contributed by atoms with van der Waals surface area (Å²) in [7, 11) is 0. The van der Waals surface area contributed by atoms with Crippen molar-refractivity contribution in [1.29, 1.82) is 0 Å². The smallest absolute Gasteiger partial charge is 0.315 e. The van der Waals surface area contributed by atoms with Crippen molar-refractivity contribution in [2.24, 2.45) is 0 Å².